The Morgan fingerprint density at radius 1 is 1.43 bits per heavy atom. The molecule has 0 amide bonds. The molecule has 23 heavy (non-hydrogen) atoms. The fourth-order valence-corrected chi connectivity index (χ4v) is 2.73. The number of hydrogen-bond acceptors (Lipinski definition) is 5. The Balaban J connectivity index is 1.89. The predicted octanol–water partition coefficient (Wildman–Crippen LogP) is 2.15. The van der Waals surface area contributed by atoms with E-state index in [4.69, 9.17) is 0 Å². The van der Waals surface area contributed by atoms with Gasteiger partial charge in [0, 0.05) is 43.6 Å². The van der Waals surface area contributed by atoms with Crippen molar-refractivity contribution in [3.05, 3.63) is 60.1 Å². The van der Waals surface area contributed by atoms with Gasteiger partial charge >= 0.3 is 0 Å². The average molecular weight is 308 g/mol. The van der Waals surface area contributed by atoms with Crippen LogP contribution in [-0.2, 0) is 0 Å². The van der Waals surface area contributed by atoms with E-state index in [9.17, 15) is 4.79 Å². The van der Waals surface area contributed by atoms with Gasteiger partial charge in [-0.25, -0.2) is 4.98 Å². The number of piperazine rings is 1. The van der Waals surface area contributed by atoms with Crippen LogP contribution in [0.3, 0.4) is 0 Å². The topological polar surface area (TPSA) is 58.1 Å². The molecule has 0 aliphatic carbocycles. The summed E-state index contributed by atoms with van der Waals surface area (Å²) in [6.45, 7) is 8.60. The Morgan fingerprint density at radius 3 is 3.09 bits per heavy atom. The van der Waals surface area contributed by atoms with Crippen LogP contribution < -0.4 is 10.2 Å². The highest BCUT2D eigenvalue weighted by Crippen LogP contribution is 2.18. The number of nitrogens with zero attached hydrogens (tertiary/aromatic N) is 3. The molecular formula is C18H20N4O. The normalized spacial score (nSPS) is 17.8. The molecule has 3 heterocycles. The maximum absolute atomic E-state index is 12.7. The van der Waals surface area contributed by atoms with Crippen LogP contribution in [0.1, 0.15) is 28.5 Å². The lowest BCUT2D eigenvalue weighted by molar-refractivity contribution is 0.103. The number of aromatic nitrogens is 2. The van der Waals surface area contributed by atoms with E-state index in [1.807, 2.05) is 12.1 Å². The first-order valence-electron chi connectivity index (χ1n) is 7.75. The minimum Gasteiger partial charge on any atom is -0.351 e. The minimum atomic E-state index is -0.120. The van der Waals surface area contributed by atoms with Crippen LogP contribution in [0.25, 0.3) is 6.08 Å². The summed E-state index contributed by atoms with van der Waals surface area (Å²) in [5, 5.41) is 3.36. The van der Waals surface area contributed by atoms with E-state index >= 15 is 0 Å². The predicted molar refractivity (Wildman–Crippen MR) is 91.7 cm³/mol. The van der Waals surface area contributed by atoms with Gasteiger partial charge in [-0.1, -0.05) is 18.7 Å². The standard InChI is InChI=1S/C18H20N4O/c1-3-14-9-15(12-20-11-14)18(23)16-5-4-6-17(21-16)22-8-7-19-10-13(22)2/h3-6,9,11-13,19H,1,7-8,10H2,2H3/t13-/m1/s1. The summed E-state index contributed by atoms with van der Waals surface area (Å²) in [5.74, 6) is 0.725. The first-order chi connectivity index (χ1) is 11.2. The molecule has 0 spiro atoms. The molecular weight excluding hydrogens is 288 g/mol. The van der Waals surface area contributed by atoms with Gasteiger partial charge in [-0.15, -0.1) is 0 Å². The zero-order valence-electron chi connectivity index (χ0n) is 13.2. The van der Waals surface area contributed by atoms with Crippen molar-refractivity contribution in [2.45, 2.75) is 13.0 Å². The van der Waals surface area contributed by atoms with E-state index in [2.05, 4.69) is 33.7 Å². The van der Waals surface area contributed by atoms with E-state index in [0.717, 1.165) is 31.0 Å². The van der Waals surface area contributed by atoms with E-state index in [0.29, 0.717) is 17.3 Å². The maximum Gasteiger partial charge on any atom is 0.212 e. The lowest BCUT2D eigenvalue weighted by atomic mass is 10.1. The molecule has 1 fully saturated rings. The molecule has 118 valence electrons. The van der Waals surface area contributed by atoms with E-state index in [1.165, 1.54) is 0 Å². The number of ketones is 1. The summed E-state index contributed by atoms with van der Waals surface area (Å²) in [7, 11) is 0. The largest absolute Gasteiger partial charge is 0.351 e. The molecule has 0 bridgehead atoms. The van der Waals surface area contributed by atoms with Crippen LogP contribution in [-0.4, -0.2) is 41.4 Å². The van der Waals surface area contributed by atoms with Crippen molar-refractivity contribution < 1.29 is 4.79 Å². The fourth-order valence-electron chi connectivity index (χ4n) is 2.73. The zero-order chi connectivity index (χ0) is 16.2. The molecule has 0 saturated carbocycles. The average Bonchev–Trinajstić information content (AvgIpc) is 2.61. The summed E-state index contributed by atoms with van der Waals surface area (Å²) in [6.07, 6.45) is 4.92. The second kappa shape index (κ2) is 6.71. The van der Waals surface area contributed by atoms with E-state index in [1.54, 1.807) is 30.6 Å². The molecule has 1 saturated heterocycles. The number of nitrogens with one attached hydrogen (secondary N) is 1. The number of carbonyl (C=O) groups is 1. The van der Waals surface area contributed by atoms with Crippen molar-refractivity contribution in [2.75, 3.05) is 24.5 Å². The number of anilines is 1. The SMILES string of the molecule is C=Cc1cncc(C(=O)c2cccc(N3CCNC[C@H]3C)n2)c1. The van der Waals surface area contributed by atoms with Gasteiger partial charge in [-0.05, 0) is 30.7 Å². The molecule has 1 N–H and O–H groups in total. The molecule has 5 nitrogen and oxygen atoms in total. The van der Waals surface area contributed by atoms with Gasteiger partial charge in [0.1, 0.15) is 11.5 Å². The fraction of sp³-hybridized carbons (Fsp3) is 0.278. The number of carbonyl (C=O) groups excluding carboxylic acids is 1. The van der Waals surface area contributed by atoms with Gasteiger partial charge < -0.3 is 10.2 Å². The van der Waals surface area contributed by atoms with E-state index in [-0.39, 0.29) is 5.78 Å². The van der Waals surface area contributed by atoms with Crippen molar-refractivity contribution in [2.24, 2.45) is 0 Å². The molecule has 0 radical (unpaired) electrons. The summed E-state index contributed by atoms with van der Waals surface area (Å²) in [5.41, 5.74) is 1.79. The quantitative estimate of drug-likeness (QED) is 0.877. The third-order valence-electron chi connectivity index (χ3n) is 4.02. The summed E-state index contributed by atoms with van der Waals surface area (Å²) in [6, 6.07) is 7.72. The molecule has 0 unspecified atom stereocenters. The highest BCUT2D eigenvalue weighted by atomic mass is 16.1. The maximum atomic E-state index is 12.7. The summed E-state index contributed by atoms with van der Waals surface area (Å²) < 4.78 is 0. The first kappa shape index (κ1) is 15.4. The Labute approximate surface area is 136 Å². The van der Waals surface area contributed by atoms with Crippen molar-refractivity contribution >= 4 is 17.7 Å². The molecule has 5 heteroatoms. The third kappa shape index (κ3) is 3.29. The lowest BCUT2D eigenvalue weighted by Gasteiger charge is -2.35. The Morgan fingerprint density at radius 2 is 2.30 bits per heavy atom. The van der Waals surface area contributed by atoms with Crippen LogP contribution in [0, 0.1) is 0 Å². The lowest BCUT2D eigenvalue weighted by Crippen LogP contribution is -2.50. The second-order valence-electron chi connectivity index (χ2n) is 5.67. The molecule has 1 aliphatic heterocycles. The van der Waals surface area contributed by atoms with Gasteiger partial charge in [0.25, 0.3) is 0 Å². The third-order valence-corrected chi connectivity index (χ3v) is 4.02. The van der Waals surface area contributed by atoms with Crippen LogP contribution in [0.15, 0.2) is 43.2 Å². The Hall–Kier alpha value is -2.53. The second-order valence-corrected chi connectivity index (χ2v) is 5.67. The number of rotatable bonds is 4. The number of pyridine rings is 2. The van der Waals surface area contributed by atoms with Gasteiger partial charge in [0.05, 0.1) is 0 Å². The van der Waals surface area contributed by atoms with Crippen molar-refractivity contribution in [1.82, 2.24) is 15.3 Å². The van der Waals surface area contributed by atoms with Crippen LogP contribution in [0.2, 0.25) is 0 Å². The van der Waals surface area contributed by atoms with Crippen LogP contribution in [0.5, 0.6) is 0 Å². The summed E-state index contributed by atoms with van der Waals surface area (Å²) in [4.78, 5) is 23.6. The molecule has 0 aromatic carbocycles. The minimum absolute atomic E-state index is 0.120. The van der Waals surface area contributed by atoms with Crippen LogP contribution in [0.4, 0.5) is 5.82 Å². The molecule has 1 atom stereocenters. The molecule has 2 aromatic rings. The van der Waals surface area contributed by atoms with Gasteiger partial charge in [0.15, 0.2) is 0 Å². The van der Waals surface area contributed by atoms with Crippen molar-refractivity contribution in [3.63, 3.8) is 0 Å². The van der Waals surface area contributed by atoms with Crippen molar-refractivity contribution in [1.29, 1.82) is 0 Å². The Kier molecular flexibility index (Phi) is 4.48. The van der Waals surface area contributed by atoms with Gasteiger partial charge in [-0.2, -0.15) is 0 Å². The Bertz CT molecular complexity index is 728. The van der Waals surface area contributed by atoms with E-state index < -0.39 is 0 Å². The highest BCUT2D eigenvalue weighted by molar-refractivity contribution is 6.07. The smallest absolute Gasteiger partial charge is 0.212 e. The zero-order valence-corrected chi connectivity index (χ0v) is 13.2. The molecule has 2 aromatic heterocycles. The number of hydrogen-bond donors (Lipinski definition) is 1. The first-order valence-corrected chi connectivity index (χ1v) is 7.75. The van der Waals surface area contributed by atoms with Crippen molar-refractivity contribution in [3.8, 4) is 0 Å². The van der Waals surface area contributed by atoms with Crippen LogP contribution >= 0.6 is 0 Å². The van der Waals surface area contributed by atoms with Gasteiger partial charge in [-0.3, -0.25) is 9.78 Å². The molecule has 3 rings (SSSR count). The molecule has 1 aliphatic rings. The monoisotopic (exact) mass is 308 g/mol. The van der Waals surface area contributed by atoms with Gasteiger partial charge in [0.2, 0.25) is 5.78 Å². The highest BCUT2D eigenvalue weighted by Gasteiger charge is 2.20. The summed E-state index contributed by atoms with van der Waals surface area (Å²) >= 11 is 0.